The minimum atomic E-state index is -4.21. The molecule has 41 heavy (non-hydrogen) atoms. The maximum atomic E-state index is 14.0. The van der Waals surface area contributed by atoms with Crippen LogP contribution in [-0.2, 0) is 26.2 Å². The van der Waals surface area contributed by atoms with Gasteiger partial charge in [0, 0.05) is 22.1 Å². The van der Waals surface area contributed by atoms with Crippen molar-refractivity contribution >= 4 is 55.1 Å². The van der Waals surface area contributed by atoms with Crippen molar-refractivity contribution in [3.63, 3.8) is 0 Å². The number of anilines is 1. The molecular weight excluding hydrogens is 630 g/mol. The lowest BCUT2D eigenvalue weighted by molar-refractivity contribution is -0.139. The second-order valence-electron chi connectivity index (χ2n) is 9.98. The summed E-state index contributed by atoms with van der Waals surface area (Å²) in [6.45, 7) is 1.25. The third-order valence-corrected chi connectivity index (χ3v) is 9.65. The first-order valence-electron chi connectivity index (χ1n) is 13.3. The monoisotopic (exact) mass is 661 g/mol. The van der Waals surface area contributed by atoms with Gasteiger partial charge in [0.25, 0.3) is 10.0 Å². The Morgan fingerprint density at radius 2 is 1.73 bits per heavy atom. The lowest BCUT2D eigenvalue weighted by atomic mass is 10.1. The summed E-state index contributed by atoms with van der Waals surface area (Å²) in [4.78, 5) is 28.8. The van der Waals surface area contributed by atoms with Crippen molar-refractivity contribution in [2.24, 2.45) is 0 Å². The van der Waals surface area contributed by atoms with E-state index in [2.05, 4.69) is 21.2 Å². The molecule has 1 saturated carbocycles. The quantitative estimate of drug-likeness (QED) is 0.281. The van der Waals surface area contributed by atoms with Crippen LogP contribution in [0.3, 0.4) is 0 Å². The predicted molar refractivity (Wildman–Crippen MR) is 164 cm³/mol. The number of nitrogens with zero attached hydrogens (tertiary/aromatic N) is 2. The molecule has 1 aliphatic carbocycles. The Balaban J connectivity index is 1.69. The van der Waals surface area contributed by atoms with E-state index < -0.39 is 28.5 Å². The highest BCUT2D eigenvalue weighted by molar-refractivity contribution is 9.10. The van der Waals surface area contributed by atoms with Crippen molar-refractivity contribution in [1.29, 1.82) is 0 Å². The van der Waals surface area contributed by atoms with Gasteiger partial charge in [-0.2, -0.15) is 0 Å². The van der Waals surface area contributed by atoms with Gasteiger partial charge in [0.15, 0.2) is 0 Å². The van der Waals surface area contributed by atoms with E-state index in [0.717, 1.165) is 40.0 Å². The van der Waals surface area contributed by atoms with Crippen LogP contribution in [0.5, 0.6) is 5.75 Å². The number of sulfonamides is 1. The molecule has 1 atom stereocenters. The molecular formula is C30H33BrClN3O5S. The Morgan fingerprint density at radius 1 is 1.05 bits per heavy atom. The first-order chi connectivity index (χ1) is 19.6. The number of hydrogen-bond acceptors (Lipinski definition) is 5. The second kappa shape index (κ2) is 13.7. The molecule has 0 saturated heterocycles. The molecule has 1 aliphatic rings. The van der Waals surface area contributed by atoms with Crippen molar-refractivity contribution in [3.05, 3.63) is 87.9 Å². The Bertz CT molecular complexity index is 1480. The van der Waals surface area contributed by atoms with Crippen LogP contribution in [0.4, 0.5) is 5.69 Å². The average Bonchev–Trinajstić information content (AvgIpc) is 3.47. The van der Waals surface area contributed by atoms with Gasteiger partial charge in [0.2, 0.25) is 11.8 Å². The summed E-state index contributed by atoms with van der Waals surface area (Å²) in [6.07, 6.45) is 3.91. The largest absolute Gasteiger partial charge is 0.497 e. The summed E-state index contributed by atoms with van der Waals surface area (Å²) in [7, 11) is -2.71. The van der Waals surface area contributed by atoms with Crippen LogP contribution in [0.1, 0.15) is 38.2 Å². The first kappa shape index (κ1) is 30.9. The number of methoxy groups -OCH3 is 1. The zero-order valence-corrected chi connectivity index (χ0v) is 26.1. The van der Waals surface area contributed by atoms with Gasteiger partial charge in [-0.1, -0.05) is 58.6 Å². The lowest BCUT2D eigenvalue weighted by Crippen LogP contribution is -2.52. The molecule has 218 valence electrons. The number of amides is 2. The minimum Gasteiger partial charge on any atom is -0.497 e. The van der Waals surface area contributed by atoms with E-state index in [1.165, 1.54) is 30.2 Å². The van der Waals surface area contributed by atoms with E-state index in [0.29, 0.717) is 10.8 Å². The predicted octanol–water partition coefficient (Wildman–Crippen LogP) is 5.78. The van der Waals surface area contributed by atoms with E-state index in [4.69, 9.17) is 16.3 Å². The zero-order valence-electron chi connectivity index (χ0n) is 22.9. The Labute approximate surface area is 254 Å². The number of rotatable bonds is 11. The van der Waals surface area contributed by atoms with Crippen LogP contribution < -0.4 is 14.4 Å². The molecule has 4 rings (SSSR count). The fraction of sp³-hybridized carbons (Fsp3) is 0.333. The van der Waals surface area contributed by atoms with Crippen LogP contribution in [-0.4, -0.2) is 50.9 Å². The maximum Gasteiger partial charge on any atom is 0.264 e. The van der Waals surface area contributed by atoms with Crippen LogP contribution in [0.15, 0.2) is 82.2 Å². The molecule has 0 aromatic heterocycles. The van der Waals surface area contributed by atoms with Gasteiger partial charge in [-0.25, -0.2) is 8.42 Å². The highest BCUT2D eigenvalue weighted by atomic mass is 79.9. The number of halogens is 2. The summed E-state index contributed by atoms with van der Waals surface area (Å²) in [5.74, 6) is -0.305. The molecule has 0 unspecified atom stereocenters. The van der Waals surface area contributed by atoms with Crippen molar-refractivity contribution in [2.45, 2.75) is 56.1 Å². The molecule has 2 amide bonds. The van der Waals surface area contributed by atoms with Crippen LogP contribution in [0.25, 0.3) is 0 Å². The topological polar surface area (TPSA) is 96.0 Å². The summed E-state index contributed by atoms with van der Waals surface area (Å²) >= 11 is 9.69. The van der Waals surface area contributed by atoms with E-state index in [1.807, 2.05) is 24.3 Å². The van der Waals surface area contributed by atoms with Crippen LogP contribution >= 0.6 is 27.5 Å². The number of benzene rings is 3. The molecule has 0 radical (unpaired) electrons. The first-order valence-corrected chi connectivity index (χ1v) is 16.0. The van der Waals surface area contributed by atoms with Gasteiger partial charge >= 0.3 is 0 Å². The molecule has 0 bridgehead atoms. The molecule has 11 heteroatoms. The van der Waals surface area contributed by atoms with Gasteiger partial charge < -0.3 is 15.0 Å². The van der Waals surface area contributed by atoms with Gasteiger partial charge in [-0.15, -0.1) is 0 Å². The minimum absolute atomic E-state index is 0.0170. The Morgan fingerprint density at radius 3 is 2.37 bits per heavy atom. The molecule has 0 heterocycles. The molecule has 3 aromatic rings. The van der Waals surface area contributed by atoms with E-state index in [1.54, 1.807) is 37.3 Å². The summed E-state index contributed by atoms with van der Waals surface area (Å²) in [5, 5.41) is 3.39. The molecule has 0 spiro atoms. The molecule has 8 nitrogen and oxygen atoms in total. The van der Waals surface area contributed by atoms with Crippen molar-refractivity contribution in [1.82, 2.24) is 10.2 Å². The molecule has 1 fully saturated rings. The molecule has 3 aromatic carbocycles. The Kier molecular flexibility index (Phi) is 10.3. The average molecular weight is 663 g/mol. The highest BCUT2D eigenvalue weighted by Gasteiger charge is 2.33. The zero-order chi connectivity index (χ0) is 29.6. The number of nitrogens with one attached hydrogen (secondary N) is 1. The normalized spacial score (nSPS) is 14.3. The maximum absolute atomic E-state index is 14.0. The number of carbonyl (C=O) groups is 2. The molecule has 1 N–H and O–H groups in total. The summed E-state index contributed by atoms with van der Waals surface area (Å²) in [6, 6.07) is 18.9. The van der Waals surface area contributed by atoms with Crippen molar-refractivity contribution in [2.75, 3.05) is 18.0 Å². The van der Waals surface area contributed by atoms with Gasteiger partial charge in [0.05, 0.1) is 17.7 Å². The van der Waals surface area contributed by atoms with Crippen molar-refractivity contribution < 1.29 is 22.7 Å². The van der Waals surface area contributed by atoms with E-state index in [-0.39, 0.29) is 29.1 Å². The smallest absolute Gasteiger partial charge is 0.264 e. The fourth-order valence-corrected chi connectivity index (χ4v) is 6.88. The number of ether oxygens (including phenoxy) is 1. The van der Waals surface area contributed by atoms with Gasteiger partial charge in [-0.05, 0) is 79.9 Å². The van der Waals surface area contributed by atoms with E-state index >= 15 is 0 Å². The Hall–Kier alpha value is -3.08. The summed E-state index contributed by atoms with van der Waals surface area (Å²) in [5.41, 5.74) is 1.02. The highest BCUT2D eigenvalue weighted by Crippen LogP contribution is 2.28. The third kappa shape index (κ3) is 7.81. The van der Waals surface area contributed by atoms with Crippen LogP contribution in [0, 0.1) is 0 Å². The van der Waals surface area contributed by atoms with E-state index in [9.17, 15) is 18.0 Å². The standard InChI is InChI=1S/C30H33BrClN3O5S/c1-21(30(37)33-25-10-3-4-11-25)34(19-22-7-5-8-23(31)17-22)29(36)20-35(26-12-6-9-24(32)18-26)41(38,39)28-15-13-27(40-2)14-16-28/h5-9,12-18,21,25H,3-4,10-11,19-20H2,1-2H3,(H,33,37)/t21-/m0/s1. The fourth-order valence-electron chi connectivity index (χ4n) is 4.84. The SMILES string of the molecule is COc1ccc(S(=O)(=O)N(CC(=O)N(Cc2cccc(Br)c2)[C@@H](C)C(=O)NC2CCCC2)c2cccc(Cl)c2)cc1. The second-order valence-corrected chi connectivity index (χ2v) is 13.2. The van der Waals surface area contributed by atoms with Crippen LogP contribution in [0.2, 0.25) is 5.02 Å². The van der Waals surface area contributed by atoms with Gasteiger partial charge in [-0.3, -0.25) is 13.9 Å². The lowest BCUT2D eigenvalue weighted by Gasteiger charge is -2.32. The number of hydrogen-bond donors (Lipinski definition) is 1. The number of carbonyl (C=O) groups excluding carboxylic acids is 2. The molecule has 0 aliphatic heterocycles. The summed E-state index contributed by atoms with van der Waals surface area (Å²) < 4.78 is 34.9. The third-order valence-electron chi connectivity index (χ3n) is 7.13. The van der Waals surface area contributed by atoms with Gasteiger partial charge in [0.1, 0.15) is 18.3 Å². The van der Waals surface area contributed by atoms with Crippen molar-refractivity contribution in [3.8, 4) is 5.75 Å².